The fourth-order valence-corrected chi connectivity index (χ4v) is 8.83. The summed E-state index contributed by atoms with van der Waals surface area (Å²) >= 11 is 0. The Kier molecular flexibility index (Phi) is 9.46. The molecule has 0 amide bonds. The molecule has 238 valence electrons. The van der Waals surface area contributed by atoms with Crippen molar-refractivity contribution >= 4 is 13.9 Å². The topological polar surface area (TPSA) is 81.7 Å². The molecule has 2 saturated carbocycles. The van der Waals surface area contributed by atoms with Gasteiger partial charge in [0.2, 0.25) is 0 Å². The lowest BCUT2D eigenvalue weighted by atomic mass is 9.51. The summed E-state index contributed by atoms with van der Waals surface area (Å²) in [7, 11) is 1.95. The Bertz CT molecular complexity index is 1180. The van der Waals surface area contributed by atoms with Crippen LogP contribution in [0.4, 0.5) is 0 Å². The predicted molar refractivity (Wildman–Crippen MR) is 166 cm³/mol. The largest absolute Gasteiger partial charge is 0.497 e. The molecule has 0 unspecified atom stereocenters. The third-order valence-electron chi connectivity index (χ3n) is 10.6. The van der Waals surface area contributed by atoms with Crippen molar-refractivity contribution in [1.29, 1.82) is 0 Å². The smallest absolute Gasteiger partial charge is 0.184 e. The van der Waals surface area contributed by atoms with E-state index in [9.17, 15) is 4.79 Å². The van der Waals surface area contributed by atoms with Gasteiger partial charge in [0.1, 0.15) is 37.1 Å². The van der Waals surface area contributed by atoms with Gasteiger partial charge in [-0.3, -0.25) is 4.79 Å². The first-order valence-electron chi connectivity index (χ1n) is 15.5. The van der Waals surface area contributed by atoms with Crippen molar-refractivity contribution in [3.05, 3.63) is 54.6 Å². The minimum Gasteiger partial charge on any atom is -0.497 e. The van der Waals surface area contributed by atoms with Crippen LogP contribution in [0.2, 0.25) is 25.7 Å². The first kappa shape index (κ1) is 32.5. The maximum Gasteiger partial charge on any atom is 0.184 e. The van der Waals surface area contributed by atoms with E-state index < -0.39 is 32.2 Å². The Hall–Kier alpha value is -1.85. The first-order valence-corrected chi connectivity index (χ1v) is 19.2. The summed E-state index contributed by atoms with van der Waals surface area (Å²) in [4.78, 5) is 14.5. The van der Waals surface area contributed by atoms with Gasteiger partial charge in [-0.05, 0) is 42.4 Å². The fourth-order valence-electron chi connectivity index (χ4n) is 8.07. The molecule has 43 heavy (non-hydrogen) atoms. The molecule has 1 heterocycles. The van der Waals surface area contributed by atoms with Gasteiger partial charge in [-0.1, -0.05) is 63.8 Å². The summed E-state index contributed by atoms with van der Waals surface area (Å²) < 4.78 is 42.6. The number of rotatable bonds is 13. The van der Waals surface area contributed by atoms with Gasteiger partial charge in [0.25, 0.3) is 0 Å². The molecule has 8 atom stereocenters. The summed E-state index contributed by atoms with van der Waals surface area (Å²) in [6.07, 6.45) is 6.38. The van der Waals surface area contributed by atoms with Gasteiger partial charge >= 0.3 is 0 Å². The van der Waals surface area contributed by atoms with E-state index in [4.69, 9.17) is 33.2 Å². The number of carbonyl (C=O) groups excluding carboxylic acids is 1. The van der Waals surface area contributed by atoms with Gasteiger partial charge in [-0.15, -0.1) is 6.58 Å². The molecule has 3 aliphatic carbocycles. The van der Waals surface area contributed by atoms with Crippen molar-refractivity contribution in [1.82, 2.24) is 0 Å². The third kappa shape index (κ3) is 5.71. The van der Waals surface area contributed by atoms with E-state index in [2.05, 4.69) is 52.2 Å². The number of ether oxygens (including phenoxy) is 7. The molecule has 1 saturated heterocycles. The summed E-state index contributed by atoms with van der Waals surface area (Å²) in [6, 6.07) is 8.68. The van der Waals surface area contributed by atoms with Crippen molar-refractivity contribution < 1.29 is 38.0 Å². The van der Waals surface area contributed by atoms with Crippen molar-refractivity contribution in [3.8, 4) is 5.75 Å². The summed E-state index contributed by atoms with van der Waals surface area (Å²) in [5.41, 5.74) is -0.621. The van der Waals surface area contributed by atoms with Crippen LogP contribution < -0.4 is 4.74 Å². The zero-order valence-corrected chi connectivity index (χ0v) is 27.9. The predicted octanol–water partition coefficient (Wildman–Crippen LogP) is 6.16. The van der Waals surface area contributed by atoms with Crippen LogP contribution in [0, 0.1) is 28.6 Å². The molecule has 0 N–H and O–H groups in total. The number of methoxy groups -OCH3 is 2. The second-order valence-corrected chi connectivity index (χ2v) is 19.9. The molecule has 1 aliphatic heterocycles. The summed E-state index contributed by atoms with van der Waals surface area (Å²) in [6.45, 7) is 16.7. The van der Waals surface area contributed by atoms with Crippen LogP contribution in [0.5, 0.6) is 5.75 Å². The summed E-state index contributed by atoms with van der Waals surface area (Å²) in [5, 5.41) is 0. The molecule has 8 nitrogen and oxygen atoms in total. The van der Waals surface area contributed by atoms with Crippen LogP contribution in [-0.2, 0) is 33.2 Å². The monoisotopic (exact) mass is 614 g/mol. The molecule has 5 rings (SSSR count). The minimum absolute atomic E-state index is 0.0720. The quantitative estimate of drug-likeness (QED) is 0.113. The van der Waals surface area contributed by atoms with Crippen molar-refractivity contribution in [2.24, 2.45) is 28.6 Å². The highest BCUT2D eigenvalue weighted by Crippen LogP contribution is 2.70. The normalized spacial score (nSPS) is 36.5. The number of hydrogen-bond donors (Lipinski definition) is 0. The van der Waals surface area contributed by atoms with Gasteiger partial charge in [0.15, 0.2) is 12.1 Å². The first-order chi connectivity index (χ1) is 20.4. The standard InChI is InChI=1S/C34H50O8Si/c1-9-27-34(41-22-38-18-19-43(6,7)8,20-39-31(42-27)23-10-12-24(37-5)13-11-23)25-14-16-33-17-15-26(32(33,2)3)30(40-21-36-4)29(35)28(25)33/h9-14,16,25-28,30-31H,1,15,17-22H2,2-8H3/t25-,26+,27-,28-,30-,31-,33-,34-/m1/s1. The minimum atomic E-state index is -1.28. The molecule has 1 aromatic rings. The Morgan fingerprint density at radius 1 is 1.12 bits per heavy atom. The number of carbonyl (C=O) groups is 1. The average molecular weight is 615 g/mol. The maximum absolute atomic E-state index is 14.5. The number of allylic oxidation sites excluding steroid dienone is 1. The molecular weight excluding hydrogens is 564 g/mol. The lowest BCUT2D eigenvalue weighted by Crippen LogP contribution is -2.64. The van der Waals surface area contributed by atoms with Crippen LogP contribution >= 0.6 is 0 Å². The van der Waals surface area contributed by atoms with Gasteiger partial charge in [-0.25, -0.2) is 0 Å². The number of fused-ring (bicyclic) bond motifs is 1. The molecule has 9 heteroatoms. The van der Waals surface area contributed by atoms with E-state index in [1.165, 1.54) is 0 Å². The molecule has 0 radical (unpaired) electrons. The van der Waals surface area contributed by atoms with Gasteiger partial charge in [0.05, 0.1) is 13.7 Å². The Morgan fingerprint density at radius 3 is 2.51 bits per heavy atom. The zero-order chi connectivity index (χ0) is 31.0. The molecule has 4 aliphatic rings. The second-order valence-electron chi connectivity index (χ2n) is 14.3. The van der Waals surface area contributed by atoms with E-state index in [0.717, 1.165) is 30.2 Å². The van der Waals surface area contributed by atoms with Crippen molar-refractivity contribution in [2.45, 2.75) is 76.5 Å². The fraction of sp³-hybridized carbons (Fsp3) is 0.676. The molecular formula is C34H50O8Si. The van der Waals surface area contributed by atoms with Crippen LogP contribution in [0.15, 0.2) is 49.1 Å². The Morgan fingerprint density at radius 2 is 1.86 bits per heavy atom. The van der Waals surface area contributed by atoms with E-state index in [1.54, 1.807) is 20.3 Å². The van der Waals surface area contributed by atoms with Crippen LogP contribution in [-0.4, -0.2) is 72.7 Å². The van der Waals surface area contributed by atoms with E-state index in [1.807, 2.05) is 24.3 Å². The zero-order valence-electron chi connectivity index (χ0n) is 26.9. The molecule has 1 aromatic carbocycles. The van der Waals surface area contributed by atoms with Gasteiger partial charge < -0.3 is 33.2 Å². The highest BCUT2D eigenvalue weighted by Gasteiger charge is 2.72. The SMILES string of the molecule is C=C[C@H]1O[C@H](c2ccc(OC)cc2)OC[C@@]1(OCOCC[Si](C)(C)C)[C@@H]1C=C[C@@]23CC[C@@H]([C@@H](OCOC)C(=O)[C@@H]12)C3(C)C. The van der Waals surface area contributed by atoms with Crippen LogP contribution in [0.3, 0.4) is 0 Å². The Labute approximate surface area is 258 Å². The molecule has 3 fully saturated rings. The van der Waals surface area contributed by atoms with Crippen LogP contribution in [0.1, 0.15) is 38.5 Å². The molecule has 1 spiro atoms. The average Bonchev–Trinajstić information content (AvgIpc) is 3.46. The Balaban J connectivity index is 1.47. The highest BCUT2D eigenvalue weighted by molar-refractivity contribution is 6.76. The van der Waals surface area contributed by atoms with E-state index in [0.29, 0.717) is 6.61 Å². The highest BCUT2D eigenvalue weighted by atomic mass is 28.3. The molecule has 0 aromatic heterocycles. The van der Waals surface area contributed by atoms with Gasteiger partial charge in [-0.2, -0.15) is 0 Å². The number of ketones is 1. The second kappa shape index (κ2) is 12.5. The van der Waals surface area contributed by atoms with E-state index in [-0.39, 0.29) is 54.6 Å². The third-order valence-corrected chi connectivity index (χ3v) is 12.3. The lowest BCUT2D eigenvalue weighted by molar-refractivity contribution is -0.321. The van der Waals surface area contributed by atoms with E-state index >= 15 is 0 Å². The van der Waals surface area contributed by atoms with Crippen molar-refractivity contribution in [2.75, 3.05) is 41.0 Å². The number of hydrogen-bond acceptors (Lipinski definition) is 8. The lowest BCUT2D eigenvalue weighted by Gasteiger charge is -2.55. The number of Topliss-reactive ketones (excluding diaryl/α,β-unsaturated/α-hetero) is 1. The van der Waals surface area contributed by atoms with Crippen LogP contribution in [0.25, 0.3) is 0 Å². The molecule has 2 bridgehead atoms. The maximum atomic E-state index is 14.5. The summed E-state index contributed by atoms with van der Waals surface area (Å²) in [5.74, 6) is 0.291. The van der Waals surface area contributed by atoms with Gasteiger partial charge in [0, 0.05) is 44.6 Å². The number of benzene rings is 1. The van der Waals surface area contributed by atoms with Crippen molar-refractivity contribution in [3.63, 3.8) is 0 Å².